The lowest BCUT2D eigenvalue weighted by atomic mass is 9.98. The molecule has 5 heteroatoms. The molecular weight excluding hydrogens is 260 g/mol. The standard InChI is InChI=1S/C14H14N2O2S/c1-9-2-4-12(16(7-9)14(17)18)10-3-5-13-11(6-10)15-8-19-13/h3-6,8-9H,2,7H2,1H3,(H,17,18)/t9-/m0/s1. The molecule has 1 N–H and O–H groups in total. The van der Waals surface area contributed by atoms with Crippen molar-refractivity contribution < 1.29 is 9.90 Å². The van der Waals surface area contributed by atoms with E-state index in [2.05, 4.69) is 11.9 Å². The highest BCUT2D eigenvalue weighted by atomic mass is 32.1. The Morgan fingerprint density at radius 3 is 3.16 bits per heavy atom. The number of thiazole rings is 1. The van der Waals surface area contributed by atoms with Gasteiger partial charge in [0.05, 0.1) is 21.4 Å². The molecule has 2 heterocycles. The minimum atomic E-state index is -0.892. The van der Waals surface area contributed by atoms with E-state index in [0.29, 0.717) is 12.5 Å². The monoisotopic (exact) mass is 274 g/mol. The molecule has 0 radical (unpaired) electrons. The molecule has 0 fully saturated rings. The SMILES string of the molecule is C[C@H]1CC=C(c2ccc3scnc3c2)N(C(=O)O)C1. The van der Waals surface area contributed by atoms with Crippen LogP contribution in [0.1, 0.15) is 18.9 Å². The number of nitrogens with zero attached hydrogens (tertiary/aromatic N) is 2. The minimum Gasteiger partial charge on any atom is -0.465 e. The van der Waals surface area contributed by atoms with Gasteiger partial charge in [-0.1, -0.05) is 19.1 Å². The zero-order chi connectivity index (χ0) is 13.4. The number of allylic oxidation sites excluding steroid dienone is 1. The minimum absolute atomic E-state index is 0.364. The Kier molecular flexibility index (Phi) is 2.98. The first-order chi connectivity index (χ1) is 9.15. The third kappa shape index (κ3) is 2.21. The average molecular weight is 274 g/mol. The molecule has 0 saturated carbocycles. The fourth-order valence-corrected chi connectivity index (χ4v) is 3.04. The van der Waals surface area contributed by atoms with Crippen LogP contribution in [-0.4, -0.2) is 27.6 Å². The van der Waals surface area contributed by atoms with Gasteiger partial charge in [0.25, 0.3) is 0 Å². The Bertz CT molecular complexity index is 662. The van der Waals surface area contributed by atoms with Crippen LogP contribution < -0.4 is 0 Å². The maximum Gasteiger partial charge on any atom is 0.411 e. The van der Waals surface area contributed by atoms with Crippen LogP contribution in [0, 0.1) is 5.92 Å². The van der Waals surface area contributed by atoms with Gasteiger partial charge < -0.3 is 5.11 Å². The van der Waals surface area contributed by atoms with Crippen molar-refractivity contribution in [1.82, 2.24) is 9.88 Å². The number of benzene rings is 1. The van der Waals surface area contributed by atoms with Crippen LogP contribution in [0.3, 0.4) is 0 Å². The van der Waals surface area contributed by atoms with E-state index in [1.165, 1.54) is 4.90 Å². The van der Waals surface area contributed by atoms with Crippen molar-refractivity contribution in [3.05, 3.63) is 35.3 Å². The molecule has 4 nitrogen and oxygen atoms in total. The van der Waals surface area contributed by atoms with Gasteiger partial charge >= 0.3 is 6.09 Å². The van der Waals surface area contributed by atoms with E-state index in [1.54, 1.807) is 16.8 Å². The topological polar surface area (TPSA) is 53.4 Å². The molecule has 0 unspecified atom stereocenters. The molecule has 19 heavy (non-hydrogen) atoms. The van der Waals surface area contributed by atoms with E-state index in [1.807, 2.05) is 24.3 Å². The number of hydrogen-bond acceptors (Lipinski definition) is 3. The molecule has 1 aromatic heterocycles. The van der Waals surface area contributed by atoms with E-state index in [9.17, 15) is 9.90 Å². The average Bonchev–Trinajstić information content (AvgIpc) is 2.85. The van der Waals surface area contributed by atoms with Crippen molar-refractivity contribution in [2.45, 2.75) is 13.3 Å². The molecule has 0 saturated heterocycles. The van der Waals surface area contributed by atoms with Gasteiger partial charge in [0.15, 0.2) is 0 Å². The number of rotatable bonds is 1. The van der Waals surface area contributed by atoms with Crippen molar-refractivity contribution in [2.24, 2.45) is 5.92 Å². The van der Waals surface area contributed by atoms with Crippen LogP contribution in [0.5, 0.6) is 0 Å². The largest absolute Gasteiger partial charge is 0.465 e. The summed E-state index contributed by atoms with van der Waals surface area (Å²) in [7, 11) is 0. The summed E-state index contributed by atoms with van der Waals surface area (Å²) in [4.78, 5) is 17.1. The van der Waals surface area contributed by atoms with Crippen molar-refractivity contribution in [1.29, 1.82) is 0 Å². The number of fused-ring (bicyclic) bond motifs is 1. The molecule has 0 spiro atoms. The second-order valence-electron chi connectivity index (χ2n) is 4.86. The molecule has 3 rings (SSSR count). The Hall–Kier alpha value is -1.88. The number of aromatic nitrogens is 1. The molecule has 0 bridgehead atoms. The summed E-state index contributed by atoms with van der Waals surface area (Å²) in [6.45, 7) is 2.61. The molecule has 98 valence electrons. The van der Waals surface area contributed by atoms with Gasteiger partial charge in [0, 0.05) is 12.1 Å². The molecule has 0 aliphatic carbocycles. The second-order valence-corrected chi connectivity index (χ2v) is 5.74. The maximum atomic E-state index is 11.4. The molecular formula is C14H14N2O2S. The second kappa shape index (κ2) is 4.66. The van der Waals surface area contributed by atoms with Gasteiger partial charge in [-0.05, 0) is 24.5 Å². The Morgan fingerprint density at radius 2 is 2.37 bits per heavy atom. The smallest absolute Gasteiger partial charge is 0.411 e. The zero-order valence-corrected chi connectivity index (χ0v) is 11.4. The van der Waals surface area contributed by atoms with Gasteiger partial charge in [-0.15, -0.1) is 11.3 Å². The van der Waals surface area contributed by atoms with Crippen molar-refractivity contribution in [2.75, 3.05) is 6.54 Å². The molecule has 1 atom stereocenters. The van der Waals surface area contributed by atoms with Gasteiger partial charge in [-0.2, -0.15) is 0 Å². The lowest BCUT2D eigenvalue weighted by Gasteiger charge is -2.29. The highest BCUT2D eigenvalue weighted by molar-refractivity contribution is 7.16. The Labute approximate surface area is 115 Å². The van der Waals surface area contributed by atoms with Crippen LogP contribution in [0.25, 0.3) is 15.9 Å². The third-order valence-electron chi connectivity index (χ3n) is 3.36. The molecule has 1 aliphatic rings. The summed E-state index contributed by atoms with van der Waals surface area (Å²) < 4.78 is 1.12. The summed E-state index contributed by atoms with van der Waals surface area (Å²) in [6, 6.07) is 5.93. The maximum absolute atomic E-state index is 11.4. The lowest BCUT2D eigenvalue weighted by Crippen LogP contribution is -2.34. The predicted molar refractivity (Wildman–Crippen MR) is 76.1 cm³/mol. The lowest BCUT2D eigenvalue weighted by molar-refractivity contribution is 0.159. The summed E-state index contributed by atoms with van der Waals surface area (Å²) >= 11 is 1.59. The predicted octanol–water partition coefficient (Wildman–Crippen LogP) is 3.66. The highest BCUT2D eigenvalue weighted by Crippen LogP contribution is 2.30. The van der Waals surface area contributed by atoms with Crippen molar-refractivity contribution in [3.63, 3.8) is 0 Å². The first-order valence-electron chi connectivity index (χ1n) is 6.19. The van der Waals surface area contributed by atoms with Gasteiger partial charge in [-0.25, -0.2) is 9.78 Å². The van der Waals surface area contributed by atoms with Crippen LogP contribution in [-0.2, 0) is 0 Å². The van der Waals surface area contributed by atoms with Gasteiger partial charge in [0.1, 0.15) is 0 Å². The van der Waals surface area contributed by atoms with Gasteiger partial charge in [0.2, 0.25) is 0 Å². The quantitative estimate of drug-likeness (QED) is 0.863. The summed E-state index contributed by atoms with van der Waals surface area (Å²) in [5.74, 6) is 0.364. The molecule has 1 aliphatic heterocycles. The van der Waals surface area contributed by atoms with Gasteiger partial charge in [-0.3, -0.25) is 4.90 Å². The molecule has 2 aromatic rings. The fourth-order valence-electron chi connectivity index (χ4n) is 2.38. The number of carboxylic acid groups (broad SMARTS) is 1. The normalized spacial score (nSPS) is 19.5. The first kappa shape index (κ1) is 12.2. The summed E-state index contributed by atoms with van der Waals surface area (Å²) in [5, 5.41) is 9.33. The van der Waals surface area contributed by atoms with E-state index >= 15 is 0 Å². The van der Waals surface area contributed by atoms with E-state index in [0.717, 1.165) is 27.9 Å². The van der Waals surface area contributed by atoms with Crippen LogP contribution >= 0.6 is 11.3 Å². The fraction of sp³-hybridized carbons (Fsp3) is 0.286. The highest BCUT2D eigenvalue weighted by Gasteiger charge is 2.24. The van der Waals surface area contributed by atoms with Crippen LogP contribution in [0.15, 0.2) is 29.8 Å². The zero-order valence-electron chi connectivity index (χ0n) is 10.5. The molecule has 1 amide bonds. The number of carbonyl (C=O) groups is 1. The summed E-state index contributed by atoms with van der Waals surface area (Å²) in [5.41, 5.74) is 4.43. The molecule has 1 aromatic carbocycles. The van der Waals surface area contributed by atoms with Crippen LogP contribution in [0.2, 0.25) is 0 Å². The Morgan fingerprint density at radius 1 is 1.53 bits per heavy atom. The van der Waals surface area contributed by atoms with Crippen molar-refractivity contribution >= 4 is 33.3 Å². The summed E-state index contributed by atoms with van der Waals surface area (Å²) in [6.07, 6.45) is 2.03. The van der Waals surface area contributed by atoms with E-state index in [4.69, 9.17) is 0 Å². The van der Waals surface area contributed by atoms with Crippen LogP contribution in [0.4, 0.5) is 4.79 Å². The van der Waals surface area contributed by atoms with Crippen molar-refractivity contribution in [3.8, 4) is 0 Å². The number of hydrogen-bond donors (Lipinski definition) is 1. The first-order valence-corrected chi connectivity index (χ1v) is 7.07. The third-order valence-corrected chi connectivity index (χ3v) is 4.17. The Balaban J connectivity index is 2.05. The van der Waals surface area contributed by atoms with E-state index in [-0.39, 0.29) is 0 Å². The van der Waals surface area contributed by atoms with E-state index < -0.39 is 6.09 Å². The number of amides is 1.